The Hall–Kier alpha value is -0.320. The maximum atomic E-state index is 11.8. The molecule has 0 aromatic heterocycles. The number of rotatable bonds is 6. The highest BCUT2D eigenvalue weighted by molar-refractivity contribution is 5.85. The number of hydrogen-bond acceptors (Lipinski definition) is 3. The Labute approximate surface area is 116 Å². The van der Waals surface area contributed by atoms with E-state index in [0.717, 1.165) is 19.3 Å². The van der Waals surface area contributed by atoms with E-state index in [1.165, 1.54) is 12.8 Å². The summed E-state index contributed by atoms with van der Waals surface area (Å²) in [6.07, 6.45) is 5.39. The van der Waals surface area contributed by atoms with Crippen LogP contribution in [0.2, 0.25) is 0 Å². The number of halogens is 1. The van der Waals surface area contributed by atoms with Crippen LogP contribution in [0.1, 0.15) is 46.0 Å². The van der Waals surface area contributed by atoms with Gasteiger partial charge in [0, 0.05) is 13.2 Å². The standard InChI is InChI=1S/C13H26N2O2.ClH/c1-10(2)11(14)12(17)15-9-13(7-8-16)5-3-4-6-13;/h10-11,16H,3-9,14H2,1-2H3,(H,15,17);1H/t11-;/m0./s1. The summed E-state index contributed by atoms with van der Waals surface area (Å²) in [5.74, 6) is 0.0941. The second-order valence-corrected chi connectivity index (χ2v) is 5.67. The van der Waals surface area contributed by atoms with E-state index in [0.29, 0.717) is 6.54 Å². The normalized spacial score (nSPS) is 19.4. The fourth-order valence-electron chi connectivity index (χ4n) is 2.57. The van der Waals surface area contributed by atoms with Crippen molar-refractivity contribution in [2.75, 3.05) is 13.2 Å². The van der Waals surface area contributed by atoms with Crippen molar-refractivity contribution in [3.05, 3.63) is 0 Å². The summed E-state index contributed by atoms with van der Waals surface area (Å²) in [6.45, 7) is 4.76. The predicted molar refractivity (Wildman–Crippen MR) is 75.7 cm³/mol. The molecule has 0 bridgehead atoms. The molecule has 1 saturated carbocycles. The van der Waals surface area contributed by atoms with E-state index in [4.69, 9.17) is 10.8 Å². The molecule has 0 aromatic rings. The zero-order valence-corrected chi connectivity index (χ0v) is 12.3. The first-order chi connectivity index (χ1) is 8.01. The van der Waals surface area contributed by atoms with E-state index >= 15 is 0 Å². The fraction of sp³-hybridized carbons (Fsp3) is 0.923. The van der Waals surface area contributed by atoms with Gasteiger partial charge in [-0.05, 0) is 30.6 Å². The molecule has 0 aromatic carbocycles. The van der Waals surface area contributed by atoms with Crippen LogP contribution in [-0.4, -0.2) is 30.2 Å². The van der Waals surface area contributed by atoms with E-state index in [-0.39, 0.29) is 36.3 Å². The first-order valence-corrected chi connectivity index (χ1v) is 6.65. The lowest BCUT2D eigenvalue weighted by Gasteiger charge is -2.29. The van der Waals surface area contributed by atoms with Crippen LogP contribution in [0.5, 0.6) is 0 Å². The van der Waals surface area contributed by atoms with E-state index in [9.17, 15) is 4.79 Å². The highest BCUT2D eigenvalue weighted by atomic mass is 35.5. The van der Waals surface area contributed by atoms with Crippen molar-refractivity contribution in [1.29, 1.82) is 0 Å². The van der Waals surface area contributed by atoms with Gasteiger partial charge in [0.05, 0.1) is 6.04 Å². The minimum Gasteiger partial charge on any atom is -0.396 e. The van der Waals surface area contributed by atoms with Crippen LogP contribution in [0.4, 0.5) is 0 Å². The summed E-state index contributed by atoms with van der Waals surface area (Å²) in [6, 6.07) is -0.428. The summed E-state index contributed by atoms with van der Waals surface area (Å²) < 4.78 is 0. The molecule has 1 atom stereocenters. The number of nitrogens with two attached hydrogens (primary N) is 1. The summed E-state index contributed by atoms with van der Waals surface area (Å²) in [5.41, 5.74) is 5.91. The maximum absolute atomic E-state index is 11.8. The summed E-state index contributed by atoms with van der Waals surface area (Å²) in [5, 5.41) is 12.1. The van der Waals surface area contributed by atoms with Crippen LogP contribution in [0.3, 0.4) is 0 Å². The third-order valence-corrected chi connectivity index (χ3v) is 3.96. The lowest BCUT2D eigenvalue weighted by atomic mass is 9.83. The number of carbonyl (C=O) groups excluding carboxylic acids is 1. The first kappa shape index (κ1) is 17.7. The van der Waals surface area contributed by atoms with Gasteiger partial charge in [-0.1, -0.05) is 26.7 Å². The largest absolute Gasteiger partial charge is 0.396 e. The van der Waals surface area contributed by atoms with Gasteiger partial charge in [0.15, 0.2) is 0 Å². The number of nitrogens with one attached hydrogen (secondary N) is 1. The number of hydrogen-bond donors (Lipinski definition) is 3. The minimum absolute atomic E-state index is 0. The minimum atomic E-state index is -0.428. The summed E-state index contributed by atoms with van der Waals surface area (Å²) in [4.78, 5) is 11.8. The topological polar surface area (TPSA) is 75.4 Å². The van der Waals surface area contributed by atoms with E-state index in [1.54, 1.807) is 0 Å². The molecular formula is C13H27ClN2O2. The van der Waals surface area contributed by atoms with Gasteiger partial charge in [0.2, 0.25) is 5.91 Å². The molecule has 1 aliphatic rings. The average Bonchev–Trinajstić information content (AvgIpc) is 2.74. The van der Waals surface area contributed by atoms with Crippen LogP contribution >= 0.6 is 12.4 Å². The van der Waals surface area contributed by atoms with Gasteiger partial charge < -0.3 is 16.2 Å². The Morgan fingerprint density at radius 3 is 2.39 bits per heavy atom. The molecule has 4 N–H and O–H groups in total. The quantitative estimate of drug-likeness (QED) is 0.688. The van der Waals surface area contributed by atoms with Gasteiger partial charge in [-0.3, -0.25) is 4.79 Å². The third kappa shape index (κ3) is 4.75. The van der Waals surface area contributed by atoms with E-state index in [2.05, 4.69) is 5.32 Å². The molecule has 1 rings (SSSR count). The van der Waals surface area contributed by atoms with Gasteiger partial charge in [-0.25, -0.2) is 0 Å². The van der Waals surface area contributed by atoms with Gasteiger partial charge >= 0.3 is 0 Å². The molecule has 0 heterocycles. The molecule has 108 valence electrons. The van der Waals surface area contributed by atoms with Crippen LogP contribution in [0, 0.1) is 11.3 Å². The lowest BCUT2D eigenvalue weighted by Crippen LogP contribution is -2.47. The number of carbonyl (C=O) groups is 1. The summed E-state index contributed by atoms with van der Waals surface area (Å²) >= 11 is 0. The van der Waals surface area contributed by atoms with Crippen molar-refractivity contribution < 1.29 is 9.90 Å². The second-order valence-electron chi connectivity index (χ2n) is 5.67. The van der Waals surface area contributed by atoms with Crippen molar-refractivity contribution in [3.8, 4) is 0 Å². The molecule has 5 heteroatoms. The van der Waals surface area contributed by atoms with Crippen LogP contribution in [-0.2, 0) is 4.79 Å². The van der Waals surface area contributed by atoms with Gasteiger partial charge in [0.1, 0.15) is 0 Å². The third-order valence-electron chi connectivity index (χ3n) is 3.96. The molecule has 1 fully saturated rings. The molecule has 1 amide bonds. The first-order valence-electron chi connectivity index (χ1n) is 6.65. The molecular weight excluding hydrogens is 252 g/mol. The van der Waals surface area contributed by atoms with Crippen molar-refractivity contribution in [3.63, 3.8) is 0 Å². The molecule has 1 aliphatic carbocycles. The fourth-order valence-corrected chi connectivity index (χ4v) is 2.57. The highest BCUT2D eigenvalue weighted by Crippen LogP contribution is 2.40. The highest BCUT2D eigenvalue weighted by Gasteiger charge is 2.34. The number of amides is 1. The Balaban J connectivity index is 0.00000289. The SMILES string of the molecule is CC(C)[C@H](N)C(=O)NCC1(CCO)CCCC1.Cl. The second kappa shape index (κ2) is 7.97. The maximum Gasteiger partial charge on any atom is 0.237 e. The van der Waals surface area contributed by atoms with Crippen molar-refractivity contribution in [2.45, 2.75) is 52.0 Å². The van der Waals surface area contributed by atoms with Gasteiger partial charge in [-0.2, -0.15) is 0 Å². The van der Waals surface area contributed by atoms with Crippen molar-refractivity contribution in [2.24, 2.45) is 17.1 Å². The number of aliphatic hydroxyl groups excluding tert-OH is 1. The molecule has 0 spiro atoms. The molecule has 0 radical (unpaired) electrons. The average molecular weight is 279 g/mol. The van der Waals surface area contributed by atoms with Gasteiger partial charge in [0.25, 0.3) is 0 Å². The molecule has 0 unspecified atom stereocenters. The Morgan fingerprint density at radius 2 is 1.94 bits per heavy atom. The molecule has 4 nitrogen and oxygen atoms in total. The molecule has 18 heavy (non-hydrogen) atoms. The predicted octanol–water partition coefficient (Wildman–Crippen LogP) is 1.45. The van der Waals surface area contributed by atoms with Crippen LogP contribution < -0.4 is 11.1 Å². The summed E-state index contributed by atoms with van der Waals surface area (Å²) in [7, 11) is 0. The zero-order chi connectivity index (χ0) is 12.9. The van der Waals surface area contributed by atoms with Gasteiger partial charge in [-0.15, -0.1) is 12.4 Å². The Morgan fingerprint density at radius 1 is 1.39 bits per heavy atom. The lowest BCUT2D eigenvalue weighted by molar-refractivity contribution is -0.123. The smallest absolute Gasteiger partial charge is 0.237 e. The monoisotopic (exact) mass is 278 g/mol. The van der Waals surface area contributed by atoms with E-state index < -0.39 is 6.04 Å². The molecule has 0 aliphatic heterocycles. The molecule has 0 saturated heterocycles. The van der Waals surface area contributed by atoms with E-state index in [1.807, 2.05) is 13.8 Å². The van der Waals surface area contributed by atoms with Crippen LogP contribution in [0.25, 0.3) is 0 Å². The van der Waals surface area contributed by atoms with Crippen molar-refractivity contribution in [1.82, 2.24) is 5.32 Å². The number of aliphatic hydroxyl groups is 1. The Bertz CT molecular complexity index is 253. The Kier molecular flexibility index (Phi) is 7.83. The van der Waals surface area contributed by atoms with Crippen molar-refractivity contribution >= 4 is 18.3 Å². The zero-order valence-electron chi connectivity index (χ0n) is 11.4. The van der Waals surface area contributed by atoms with Crippen LogP contribution in [0.15, 0.2) is 0 Å².